The fraction of sp³-hybridized carbons (Fsp3) is 0.0588. The molecule has 4 heteroatoms. The maximum absolute atomic E-state index is 10.7. The summed E-state index contributed by atoms with van der Waals surface area (Å²) in [6.07, 6.45) is 0. The van der Waals surface area contributed by atoms with Crippen LogP contribution in [0.2, 0.25) is 0 Å². The van der Waals surface area contributed by atoms with Crippen molar-refractivity contribution in [2.75, 3.05) is 0 Å². The molecule has 0 aromatic heterocycles. The third-order valence-corrected chi connectivity index (χ3v) is 3.25. The van der Waals surface area contributed by atoms with E-state index in [9.17, 15) is 10.1 Å². The van der Waals surface area contributed by atoms with E-state index in [1.165, 1.54) is 17.5 Å². The molecule has 0 N–H and O–H groups in total. The van der Waals surface area contributed by atoms with Gasteiger partial charge in [0.05, 0.1) is 11.0 Å². The second-order valence-electron chi connectivity index (χ2n) is 4.72. The van der Waals surface area contributed by atoms with Crippen molar-refractivity contribution in [1.82, 2.24) is 0 Å². The third-order valence-electron chi connectivity index (χ3n) is 3.25. The summed E-state index contributed by atoms with van der Waals surface area (Å²) in [6.45, 7) is 0.381. The zero-order chi connectivity index (χ0) is 14.7. The molecule has 0 unspecified atom stereocenters. The van der Waals surface area contributed by atoms with Crippen LogP contribution in [0.25, 0.3) is 10.8 Å². The highest BCUT2D eigenvalue weighted by Gasteiger charge is 2.06. The number of non-ortho nitro benzene ring substituents is 1. The van der Waals surface area contributed by atoms with Gasteiger partial charge in [-0.2, -0.15) is 0 Å². The number of hydrogen-bond donors (Lipinski definition) is 0. The van der Waals surface area contributed by atoms with Crippen molar-refractivity contribution < 1.29 is 9.66 Å². The van der Waals surface area contributed by atoms with Crippen molar-refractivity contribution in [3.8, 4) is 5.75 Å². The first-order valence-corrected chi connectivity index (χ1v) is 6.57. The van der Waals surface area contributed by atoms with E-state index < -0.39 is 4.92 Å². The van der Waals surface area contributed by atoms with Crippen LogP contribution >= 0.6 is 0 Å². The van der Waals surface area contributed by atoms with Crippen LogP contribution in [0.4, 0.5) is 5.69 Å². The van der Waals surface area contributed by atoms with Crippen molar-refractivity contribution in [2.24, 2.45) is 0 Å². The van der Waals surface area contributed by atoms with Crippen LogP contribution in [0, 0.1) is 10.1 Å². The SMILES string of the molecule is O=[N+]([O-])c1cccc(OCc2ccc3ccccc3c2)c1. The highest BCUT2D eigenvalue weighted by Crippen LogP contribution is 2.21. The standard InChI is InChI=1S/C17H13NO3/c19-18(20)16-6-3-7-17(11-16)21-12-13-8-9-14-4-1-2-5-15(14)10-13/h1-11H,12H2. The Morgan fingerprint density at radius 1 is 0.905 bits per heavy atom. The minimum Gasteiger partial charge on any atom is -0.489 e. The lowest BCUT2D eigenvalue weighted by molar-refractivity contribution is -0.384. The molecule has 0 spiro atoms. The minimum absolute atomic E-state index is 0.0333. The molecule has 0 heterocycles. The van der Waals surface area contributed by atoms with E-state index in [1.54, 1.807) is 12.1 Å². The molecule has 0 radical (unpaired) electrons. The first-order valence-electron chi connectivity index (χ1n) is 6.57. The molecule has 0 amide bonds. The lowest BCUT2D eigenvalue weighted by Crippen LogP contribution is -1.96. The van der Waals surface area contributed by atoms with Gasteiger partial charge in [0.15, 0.2) is 0 Å². The van der Waals surface area contributed by atoms with Crippen LogP contribution in [-0.4, -0.2) is 4.92 Å². The summed E-state index contributed by atoms with van der Waals surface area (Å²) in [5.41, 5.74) is 1.06. The van der Waals surface area contributed by atoms with Gasteiger partial charge in [-0.25, -0.2) is 0 Å². The molecule has 0 atom stereocenters. The van der Waals surface area contributed by atoms with Crippen molar-refractivity contribution >= 4 is 16.5 Å². The second kappa shape index (κ2) is 5.63. The molecule has 3 rings (SSSR count). The van der Waals surface area contributed by atoms with Crippen LogP contribution in [0.3, 0.4) is 0 Å². The van der Waals surface area contributed by atoms with E-state index in [4.69, 9.17) is 4.74 Å². The van der Waals surface area contributed by atoms with E-state index in [-0.39, 0.29) is 5.69 Å². The van der Waals surface area contributed by atoms with Gasteiger partial charge in [-0.3, -0.25) is 10.1 Å². The number of benzene rings is 3. The summed E-state index contributed by atoms with van der Waals surface area (Å²) >= 11 is 0. The van der Waals surface area contributed by atoms with Gasteiger partial charge in [0.2, 0.25) is 0 Å². The lowest BCUT2D eigenvalue weighted by Gasteiger charge is -2.07. The first kappa shape index (κ1) is 13.1. The number of rotatable bonds is 4. The van der Waals surface area contributed by atoms with Crippen LogP contribution in [0.1, 0.15) is 5.56 Å². The van der Waals surface area contributed by atoms with E-state index in [0.29, 0.717) is 12.4 Å². The predicted octanol–water partition coefficient (Wildman–Crippen LogP) is 4.33. The third kappa shape index (κ3) is 3.00. The lowest BCUT2D eigenvalue weighted by atomic mass is 10.1. The van der Waals surface area contributed by atoms with Gasteiger partial charge >= 0.3 is 0 Å². The Labute approximate surface area is 121 Å². The van der Waals surface area contributed by atoms with Gasteiger partial charge in [0, 0.05) is 6.07 Å². The molecule has 0 saturated heterocycles. The van der Waals surface area contributed by atoms with Crippen molar-refractivity contribution in [3.63, 3.8) is 0 Å². The molecule has 0 fully saturated rings. The molecule has 0 saturated carbocycles. The largest absolute Gasteiger partial charge is 0.489 e. The number of fused-ring (bicyclic) bond motifs is 1. The van der Waals surface area contributed by atoms with E-state index in [0.717, 1.165) is 10.9 Å². The Morgan fingerprint density at radius 2 is 1.71 bits per heavy atom. The summed E-state index contributed by atoms with van der Waals surface area (Å²) in [5.74, 6) is 0.498. The van der Waals surface area contributed by atoms with Crippen molar-refractivity contribution in [2.45, 2.75) is 6.61 Å². The summed E-state index contributed by atoms with van der Waals surface area (Å²) in [6, 6.07) is 20.4. The van der Waals surface area contributed by atoms with Gasteiger partial charge in [0.25, 0.3) is 5.69 Å². The fourth-order valence-corrected chi connectivity index (χ4v) is 2.18. The molecule has 21 heavy (non-hydrogen) atoms. The maximum Gasteiger partial charge on any atom is 0.273 e. The van der Waals surface area contributed by atoms with Gasteiger partial charge in [-0.15, -0.1) is 0 Å². The van der Waals surface area contributed by atoms with Gasteiger partial charge in [0.1, 0.15) is 12.4 Å². The number of nitrogens with zero attached hydrogens (tertiary/aromatic N) is 1. The van der Waals surface area contributed by atoms with Gasteiger partial charge in [-0.05, 0) is 28.5 Å². The van der Waals surface area contributed by atoms with Gasteiger partial charge < -0.3 is 4.74 Å². The Hall–Kier alpha value is -2.88. The predicted molar refractivity (Wildman–Crippen MR) is 81.4 cm³/mol. The Morgan fingerprint density at radius 3 is 2.52 bits per heavy atom. The minimum atomic E-state index is -0.428. The maximum atomic E-state index is 10.7. The summed E-state index contributed by atoms with van der Waals surface area (Å²) in [4.78, 5) is 10.3. The Balaban J connectivity index is 1.77. The van der Waals surface area contributed by atoms with Crippen LogP contribution < -0.4 is 4.74 Å². The fourth-order valence-electron chi connectivity index (χ4n) is 2.18. The molecule has 104 valence electrons. The summed E-state index contributed by atoms with van der Waals surface area (Å²) in [5, 5.41) is 13.1. The van der Waals surface area contributed by atoms with Crippen molar-refractivity contribution in [3.05, 3.63) is 82.4 Å². The molecule has 4 nitrogen and oxygen atoms in total. The Kier molecular flexibility index (Phi) is 3.51. The normalized spacial score (nSPS) is 10.5. The molecule has 3 aromatic carbocycles. The highest BCUT2D eigenvalue weighted by atomic mass is 16.6. The Bertz CT molecular complexity index is 799. The van der Waals surface area contributed by atoms with Crippen LogP contribution in [-0.2, 0) is 6.61 Å². The van der Waals surface area contributed by atoms with Gasteiger partial charge in [-0.1, -0.05) is 42.5 Å². The number of nitro groups is 1. The van der Waals surface area contributed by atoms with E-state index in [2.05, 4.69) is 12.1 Å². The topological polar surface area (TPSA) is 52.4 Å². The first-order chi connectivity index (χ1) is 10.2. The van der Waals surface area contributed by atoms with Crippen molar-refractivity contribution in [1.29, 1.82) is 0 Å². The quantitative estimate of drug-likeness (QED) is 0.527. The molecular weight excluding hydrogens is 266 g/mol. The number of nitro benzene ring substituents is 1. The molecule has 0 aliphatic carbocycles. The molecule has 0 aliphatic heterocycles. The zero-order valence-electron chi connectivity index (χ0n) is 11.2. The zero-order valence-corrected chi connectivity index (χ0v) is 11.2. The molecule has 3 aromatic rings. The average Bonchev–Trinajstić information content (AvgIpc) is 2.53. The van der Waals surface area contributed by atoms with E-state index in [1.807, 2.05) is 30.3 Å². The monoisotopic (exact) mass is 279 g/mol. The molecule has 0 bridgehead atoms. The van der Waals surface area contributed by atoms with Crippen LogP contribution in [0.5, 0.6) is 5.75 Å². The van der Waals surface area contributed by atoms with Crippen LogP contribution in [0.15, 0.2) is 66.7 Å². The smallest absolute Gasteiger partial charge is 0.273 e. The molecule has 0 aliphatic rings. The number of ether oxygens (including phenoxy) is 1. The number of hydrogen-bond acceptors (Lipinski definition) is 3. The molecular formula is C17H13NO3. The summed E-state index contributed by atoms with van der Waals surface area (Å²) in [7, 11) is 0. The average molecular weight is 279 g/mol. The summed E-state index contributed by atoms with van der Waals surface area (Å²) < 4.78 is 5.63. The van der Waals surface area contributed by atoms with E-state index >= 15 is 0 Å². The second-order valence-corrected chi connectivity index (χ2v) is 4.72. The highest BCUT2D eigenvalue weighted by molar-refractivity contribution is 5.82.